The highest BCUT2D eigenvalue weighted by Gasteiger charge is 2.36. The number of fused-ring (bicyclic) bond motifs is 3. The Balaban J connectivity index is 1.65. The number of carbonyl (C=O) groups excluding carboxylic acids is 1. The molecule has 2 heterocycles. The Hall–Kier alpha value is -1.73. The number of phenolic OH excluding ortho intramolecular Hbond substituents is 1. The summed E-state index contributed by atoms with van der Waals surface area (Å²) in [6.07, 6.45) is 2.75. The molecule has 0 radical (unpaired) electrons. The van der Waals surface area contributed by atoms with Crippen LogP contribution in [0, 0.1) is 11.3 Å². The fourth-order valence-corrected chi connectivity index (χ4v) is 6.04. The molecule has 1 aliphatic carbocycles. The highest BCUT2D eigenvalue weighted by Crippen LogP contribution is 2.46. The van der Waals surface area contributed by atoms with Crippen LogP contribution in [0.15, 0.2) is 16.6 Å². The Morgan fingerprint density at radius 2 is 2.07 bits per heavy atom. The second-order valence-corrected chi connectivity index (χ2v) is 10.8. The van der Waals surface area contributed by atoms with Gasteiger partial charge in [0.05, 0.1) is 16.6 Å². The van der Waals surface area contributed by atoms with Crippen molar-refractivity contribution in [3.8, 4) is 11.5 Å². The summed E-state index contributed by atoms with van der Waals surface area (Å²) in [6, 6.07) is 3.58. The number of hydrogen-bond acceptors (Lipinski definition) is 5. The molecule has 0 saturated heterocycles. The maximum Gasteiger partial charge on any atom is 0.256 e. The molecule has 0 bridgehead atoms. The Kier molecular flexibility index (Phi) is 5.32. The van der Waals surface area contributed by atoms with E-state index in [2.05, 4.69) is 47.3 Å². The van der Waals surface area contributed by atoms with Gasteiger partial charge >= 0.3 is 0 Å². The van der Waals surface area contributed by atoms with Crippen molar-refractivity contribution < 1.29 is 14.6 Å². The zero-order chi connectivity index (χ0) is 20.9. The third kappa shape index (κ3) is 3.75. The van der Waals surface area contributed by atoms with E-state index in [-0.39, 0.29) is 23.2 Å². The van der Waals surface area contributed by atoms with Gasteiger partial charge in [-0.3, -0.25) is 4.79 Å². The Morgan fingerprint density at radius 3 is 2.76 bits per heavy atom. The first-order valence-electron chi connectivity index (χ1n) is 10.1. The molecule has 5 nitrogen and oxygen atoms in total. The van der Waals surface area contributed by atoms with Gasteiger partial charge in [-0.05, 0) is 76.7 Å². The maximum absolute atomic E-state index is 13.0. The van der Waals surface area contributed by atoms with Gasteiger partial charge in [-0.1, -0.05) is 20.8 Å². The van der Waals surface area contributed by atoms with Crippen LogP contribution < -0.4 is 15.4 Å². The summed E-state index contributed by atoms with van der Waals surface area (Å²) in [6.45, 7) is 9.22. The lowest BCUT2D eigenvalue weighted by Gasteiger charge is -2.34. The summed E-state index contributed by atoms with van der Waals surface area (Å²) in [5.74, 6) is 1.07. The van der Waals surface area contributed by atoms with Gasteiger partial charge in [0.25, 0.3) is 5.91 Å². The molecular formula is C22H27BrN2O3S. The topological polar surface area (TPSA) is 70.6 Å². The molecule has 0 saturated carbocycles. The van der Waals surface area contributed by atoms with Crippen LogP contribution in [-0.4, -0.2) is 17.6 Å². The summed E-state index contributed by atoms with van der Waals surface area (Å²) in [5.41, 5.74) is 3.14. The summed E-state index contributed by atoms with van der Waals surface area (Å²) >= 11 is 5.10. The van der Waals surface area contributed by atoms with Crippen molar-refractivity contribution in [1.82, 2.24) is 5.32 Å². The molecule has 1 aromatic heterocycles. The lowest BCUT2D eigenvalue weighted by Crippen LogP contribution is -2.38. The molecule has 1 aliphatic heterocycles. The van der Waals surface area contributed by atoms with Crippen LogP contribution in [0.2, 0.25) is 0 Å². The average molecular weight is 479 g/mol. The van der Waals surface area contributed by atoms with Crippen LogP contribution in [-0.2, 0) is 12.8 Å². The summed E-state index contributed by atoms with van der Waals surface area (Å²) in [4.78, 5) is 14.3. The Morgan fingerprint density at radius 1 is 1.31 bits per heavy atom. The molecule has 2 atom stereocenters. The number of phenols is 1. The standard InChI is InChI=1S/C22H27BrN2O3S/c1-5-28-15-9-11(8-14(23)18(15)26)19-24-20(27)17-13-7-6-12(22(2,3)4)10-16(13)29-21(17)25-19/h8-9,12,19,25-26H,5-7,10H2,1-4H3,(H,24,27)/t12-,19+/m0/s1. The fourth-order valence-electron chi connectivity index (χ4n) is 4.23. The second kappa shape index (κ2) is 7.51. The number of halogens is 1. The summed E-state index contributed by atoms with van der Waals surface area (Å²) < 4.78 is 6.08. The van der Waals surface area contributed by atoms with E-state index >= 15 is 0 Å². The van der Waals surface area contributed by atoms with Crippen molar-refractivity contribution in [2.45, 2.75) is 53.1 Å². The highest BCUT2D eigenvalue weighted by molar-refractivity contribution is 9.10. The van der Waals surface area contributed by atoms with E-state index in [0.29, 0.717) is 22.7 Å². The molecular weight excluding hydrogens is 452 g/mol. The highest BCUT2D eigenvalue weighted by atomic mass is 79.9. The van der Waals surface area contributed by atoms with Gasteiger partial charge in [-0.25, -0.2) is 0 Å². The van der Waals surface area contributed by atoms with E-state index in [1.165, 1.54) is 10.4 Å². The molecule has 2 aliphatic rings. The van der Waals surface area contributed by atoms with Crippen molar-refractivity contribution in [3.63, 3.8) is 0 Å². The zero-order valence-corrected chi connectivity index (χ0v) is 19.6. The van der Waals surface area contributed by atoms with Crippen molar-refractivity contribution in [1.29, 1.82) is 0 Å². The molecule has 1 amide bonds. The maximum atomic E-state index is 13.0. The lowest BCUT2D eigenvalue weighted by molar-refractivity contribution is 0.0934. The molecule has 0 spiro atoms. The molecule has 1 aromatic carbocycles. The van der Waals surface area contributed by atoms with E-state index in [1.807, 2.05) is 13.0 Å². The number of amides is 1. The number of anilines is 1. The summed E-state index contributed by atoms with van der Waals surface area (Å²) in [5, 5.41) is 17.7. The first kappa shape index (κ1) is 20.5. The van der Waals surface area contributed by atoms with Gasteiger partial charge in [0.1, 0.15) is 11.2 Å². The summed E-state index contributed by atoms with van der Waals surface area (Å²) in [7, 11) is 0. The number of thiophene rings is 1. The molecule has 7 heteroatoms. The monoisotopic (exact) mass is 478 g/mol. The van der Waals surface area contributed by atoms with Gasteiger partial charge in [0.15, 0.2) is 11.5 Å². The van der Waals surface area contributed by atoms with Crippen molar-refractivity contribution in [2.24, 2.45) is 11.3 Å². The molecule has 29 heavy (non-hydrogen) atoms. The SMILES string of the molecule is CCOc1cc([C@@H]2NC(=O)c3c(sc4c3CC[C@H](C(C)(C)C)C4)N2)cc(Br)c1O. The third-order valence-corrected chi connectivity index (χ3v) is 7.74. The third-order valence-electron chi connectivity index (χ3n) is 5.95. The first-order valence-corrected chi connectivity index (χ1v) is 11.7. The van der Waals surface area contributed by atoms with Crippen LogP contribution in [0.4, 0.5) is 5.00 Å². The number of carbonyl (C=O) groups is 1. The van der Waals surface area contributed by atoms with Gasteiger partial charge in [0.2, 0.25) is 0 Å². The number of aromatic hydroxyl groups is 1. The van der Waals surface area contributed by atoms with Gasteiger partial charge in [-0.15, -0.1) is 11.3 Å². The Labute approximate surface area is 184 Å². The van der Waals surface area contributed by atoms with Crippen LogP contribution in [0.3, 0.4) is 0 Å². The van der Waals surface area contributed by atoms with E-state index in [9.17, 15) is 9.90 Å². The van der Waals surface area contributed by atoms with Crippen LogP contribution in [0.5, 0.6) is 11.5 Å². The van der Waals surface area contributed by atoms with E-state index in [4.69, 9.17) is 4.74 Å². The van der Waals surface area contributed by atoms with Crippen LogP contribution in [0.25, 0.3) is 0 Å². The van der Waals surface area contributed by atoms with Crippen molar-refractivity contribution in [2.75, 3.05) is 11.9 Å². The smallest absolute Gasteiger partial charge is 0.256 e. The molecule has 4 rings (SSSR count). The predicted molar refractivity (Wildman–Crippen MR) is 120 cm³/mol. The minimum Gasteiger partial charge on any atom is -0.503 e. The van der Waals surface area contributed by atoms with E-state index < -0.39 is 0 Å². The van der Waals surface area contributed by atoms with Crippen molar-refractivity contribution >= 4 is 38.2 Å². The van der Waals surface area contributed by atoms with Crippen molar-refractivity contribution in [3.05, 3.63) is 38.2 Å². The predicted octanol–water partition coefficient (Wildman–Crippen LogP) is 5.62. The molecule has 0 fully saturated rings. The second-order valence-electron chi connectivity index (χ2n) is 8.85. The lowest BCUT2D eigenvalue weighted by atomic mass is 9.72. The van der Waals surface area contributed by atoms with E-state index in [1.54, 1.807) is 17.4 Å². The van der Waals surface area contributed by atoms with Gasteiger partial charge < -0.3 is 20.5 Å². The minimum absolute atomic E-state index is 0.0300. The number of hydrogen-bond donors (Lipinski definition) is 3. The minimum atomic E-state index is -0.371. The fraction of sp³-hybridized carbons (Fsp3) is 0.500. The van der Waals surface area contributed by atoms with Gasteiger partial charge in [-0.2, -0.15) is 0 Å². The number of benzene rings is 1. The number of nitrogens with one attached hydrogen (secondary N) is 2. The number of ether oxygens (including phenoxy) is 1. The largest absolute Gasteiger partial charge is 0.503 e. The van der Waals surface area contributed by atoms with E-state index in [0.717, 1.165) is 35.4 Å². The first-order chi connectivity index (χ1) is 13.7. The normalized spacial score (nSPS) is 21.1. The quantitative estimate of drug-likeness (QED) is 0.535. The number of rotatable bonds is 3. The molecule has 3 N–H and O–H groups in total. The molecule has 2 aromatic rings. The average Bonchev–Trinajstić information content (AvgIpc) is 3.02. The van der Waals surface area contributed by atoms with Crippen LogP contribution >= 0.6 is 27.3 Å². The van der Waals surface area contributed by atoms with Gasteiger partial charge in [0, 0.05) is 4.88 Å². The van der Waals surface area contributed by atoms with Crippen LogP contribution in [0.1, 0.15) is 66.6 Å². The zero-order valence-electron chi connectivity index (χ0n) is 17.2. The molecule has 0 unspecified atom stereocenters. The molecule has 156 valence electrons. The Bertz CT molecular complexity index is 964.